The molecule has 1 amide bonds. The van der Waals surface area contributed by atoms with Gasteiger partial charge in [-0.2, -0.15) is 15.5 Å². The van der Waals surface area contributed by atoms with E-state index in [4.69, 9.17) is 5.26 Å². The minimum Gasteiger partial charge on any atom is -0.321 e. The molecule has 0 saturated heterocycles. The highest BCUT2D eigenvalue weighted by Gasteiger charge is 2.16. The topological polar surface area (TPSA) is 101 Å². The first-order valence-electron chi connectivity index (χ1n) is 8.48. The number of anilines is 1. The number of carbonyl (C=O) groups is 1. The van der Waals surface area contributed by atoms with Crippen LogP contribution in [0.2, 0.25) is 0 Å². The second-order valence-corrected chi connectivity index (χ2v) is 6.09. The molecule has 0 spiro atoms. The van der Waals surface area contributed by atoms with Gasteiger partial charge in [-0.25, -0.2) is 14.3 Å². The van der Waals surface area contributed by atoms with Gasteiger partial charge < -0.3 is 5.32 Å². The van der Waals surface area contributed by atoms with E-state index < -0.39 is 0 Å². The summed E-state index contributed by atoms with van der Waals surface area (Å²) in [6.07, 6.45) is 3.06. The molecule has 136 valence electrons. The number of hydrogen-bond acceptors (Lipinski definition) is 5. The van der Waals surface area contributed by atoms with E-state index in [0.29, 0.717) is 28.3 Å². The highest BCUT2D eigenvalue weighted by atomic mass is 16.2. The molecule has 28 heavy (non-hydrogen) atoms. The lowest BCUT2D eigenvalue weighted by Gasteiger charge is -2.09. The number of aromatic nitrogens is 5. The van der Waals surface area contributed by atoms with Gasteiger partial charge in [0.05, 0.1) is 28.7 Å². The standard InChI is InChI=1S/C20H15N7O/c1-14-9-19(27(25-14)18-4-2-3-15(10-18)11-21)20(28)24-16-5-7-17(8-6-16)26-13-22-12-23-26/h2-10,12-13H,1H3,(H,24,28). The Balaban J connectivity index is 1.59. The average Bonchev–Trinajstić information content (AvgIpc) is 3.38. The zero-order valence-corrected chi connectivity index (χ0v) is 14.9. The second-order valence-electron chi connectivity index (χ2n) is 6.09. The number of amides is 1. The average molecular weight is 369 g/mol. The molecule has 0 saturated carbocycles. The third-order valence-corrected chi connectivity index (χ3v) is 4.09. The molecule has 0 aliphatic heterocycles. The summed E-state index contributed by atoms with van der Waals surface area (Å²) in [4.78, 5) is 16.7. The number of nitriles is 1. The first kappa shape index (κ1) is 17.2. The summed E-state index contributed by atoms with van der Waals surface area (Å²) < 4.78 is 3.17. The number of benzene rings is 2. The fourth-order valence-corrected chi connectivity index (χ4v) is 2.80. The van der Waals surface area contributed by atoms with E-state index in [1.807, 2.05) is 19.1 Å². The molecule has 0 aliphatic rings. The first-order valence-corrected chi connectivity index (χ1v) is 8.48. The smallest absolute Gasteiger partial charge is 0.274 e. The van der Waals surface area contributed by atoms with Crippen LogP contribution in [0.15, 0.2) is 67.3 Å². The van der Waals surface area contributed by atoms with E-state index in [-0.39, 0.29) is 5.91 Å². The predicted octanol–water partition coefficient (Wildman–Crippen LogP) is 2.89. The maximum Gasteiger partial charge on any atom is 0.274 e. The van der Waals surface area contributed by atoms with Gasteiger partial charge in [0.25, 0.3) is 5.91 Å². The Kier molecular flexibility index (Phi) is 4.40. The van der Waals surface area contributed by atoms with Crippen LogP contribution in [0.25, 0.3) is 11.4 Å². The zero-order chi connectivity index (χ0) is 19.5. The largest absolute Gasteiger partial charge is 0.321 e. The molecule has 0 aliphatic carbocycles. The van der Waals surface area contributed by atoms with E-state index in [0.717, 1.165) is 5.69 Å². The highest BCUT2D eigenvalue weighted by molar-refractivity contribution is 6.03. The van der Waals surface area contributed by atoms with Crippen LogP contribution < -0.4 is 5.32 Å². The number of aryl methyl sites for hydroxylation is 1. The van der Waals surface area contributed by atoms with Crippen LogP contribution in [0.3, 0.4) is 0 Å². The normalized spacial score (nSPS) is 10.4. The first-order chi connectivity index (χ1) is 13.6. The van der Waals surface area contributed by atoms with Crippen molar-refractivity contribution in [1.29, 1.82) is 5.26 Å². The van der Waals surface area contributed by atoms with Gasteiger partial charge in [0.1, 0.15) is 18.3 Å². The van der Waals surface area contributed by atoms with Crippen LogP contribution in [0.1, 0.15) is 21.7 Å². The van der Waals surface area contributed by atoms with Gasteiger partial charge in [0.15, 0.2) is 0 Å². The monoisotopic (exact) mass is 369 g/mol. The summed E-state index contributed by atoms with van der Waals surface area (Å²) in [6, 6.07) is 18.0. The molecule has 0 radical (unpaired) electrons. The molecular formula is C20H15N7O. The van der Waals surface area contributed by atoms with Crippen LogP contribution in [0.4, 0.5) is 5.69 Å². The third-order valence-electron chi connectivity index (χ3n) is 4.09. The molecule has 0 bridgehead atoms. The Hall–Kier alpha value is -4.25. The van der Waals surface area contributed by atoms with Crippen LogP contribution in [-0.2, 0) is 0 Å². The van der Waals surface area contributed by atoms with Gasteiger partial charge in [-0.1, -0.05) is 6.07 Å². The SMILES string of the molecule is Cc1cc(C(=O)Nc2ccc(-n3cncn3)cc2)n(-c2cccc(C#N)c2)n1. The molecule has 0 atom stereocenters. The van der Waals surface area contributed by atoms with Crippen molar-refractivity contribution in [3.63, 3.8) is 0 Å². The highest BCUT2D eigenvalue weighted by Crippen LogP contribution is 2.17. The molecule has 2 aromatic carbocycles. The van der Waals surface area contributed by atoms with Crippen molar-refractivity contribution in [3.8, 4) is 17.4 Å². The molecule has 2 aromatic heterocycles. The fraction of sp³-hybridized carbons (Fsp3) is 0.0500. The summed E-state index contributed by atoms with van der Waals surface area (Å²) in [6.45, 7) is 1.81. The van der Waals surface area contributed by atoms with E-state index in [2.05, 4.69) is 26.6 Å². The summed E-state index contributed by atoms with van der Waals surface area (Å²) in [5.74, 6) is -0.295. The van der Waals surface area contributed by atoms with Crippen LogP contribution in [0, 0.1) is 18.3 Å². The zero-order valence-electron chi connectivity index (χ0n) is 14.9. The second kappa shape index (κ2) is 7.17. The van der Waals surface area contributed by atoms with Crippen LogP contribution in [-0.4, -0.2) is 30.5 Å². The molecule has 0 unspecified atom stereocenters. The van der Waals surface area contributed by atoms with Crippen molar-refractivity contribution in [2.24, 2.45) is 0 Å². The van der Waals surface area contributed by atoms with E-state index in [9.17, 15) is 4.79 Å². The van der Waals surface area contributed by atoms with E-state index in [1.165, 1.54) is 11.0 Å². The lowest BCUT2D eigenvalue weighted by atomic mass is 10.2. The maximum atomic E-state index is 12.8. The van der Waals surface area contributed by atoms with Gasteiger partial charge in [0, 0.05) is 5.69 Å². The number of nitrogens with one attached hydrogen (secondary N) is 1. The van der Waals surface area contributed by atoms with Gasteiger partial charge in [-0.15, -0.1) is 0 Å². The van der Waals surface area contributed by atoms with Crippen LogP contribution >= 0.6 is 0 Å². The minimum absolute atomic E-state index is 0.295. The van der Waals surface area contributed by atoms with Crippen molar-refractivity contribution < 1.29 is 4.79 Å². The Morgan fingerprint density at radius 2 is 1.93 bits per heavy atom. The molecule has 4 aromatic rings. The molecule has 0 fully saturated rings. The van der Waals surface area contributed by atoms with Crippen LogP contribution in [0.5, 0.6) is 0 Å². The van der Waals surface area contributed by atoms with Crippen molar-refractivity contribution in [2.45, 2.75) is 6.92 Å². The number of nitrogens with zero attached hydrogens (tertiary/aromatic N) is 6. The lowest BCUT2D eigenvalue weighted by molar-refractivity contribution is 0.101. The summed E-state index contributed by atoms with van der Waals surface area (Å²) in [5, 5.41) is 20.4. The molecule has 1 N–H and O–H groups in total. The van der Waals surface area contributed by atoms with Gasteiger partial charge in [0.2, 0.25) is 0 Å². The van der Waals surface area contributed by atoms with Crippen molar-refractivity contribution in [1.82, 2.24) is 24.5 Å². The number of rotatable bonds is 4. The fourth-order valence-electron chi connectivity index (χ4n) is 2.80. The maximum absolute atomic E-state index is 12.8. The Bertz CT molecular complexity index is 1170. The minimum atomic E-state index is -0.295. The summed E-state index contributed by atoms with van der Waals surface area (Å²) in [5.41, 5.74) is 3.72. The molecule has 8 nitrogen and oxygen atoms in total. The van der Waals surface area contributed by atoms with E-state index >= 15 is 0 Å². The molecule has 2 heterocycles. The van der Waals surface area contributed by atoms with Crippen molar-refractivity contribution in [3.05, 3.63) is 84.2 Å². The van der Waals surface area contributed by atoms with Gasteiger partial charge in [-0.05, 0) is 55.5 Å². The van der Waals surface area contributed by atoms with Crippen molar-refractivity contribution >= 4 is 11.6 Å². The lowest BCUT2D eigenvalue weighted by Crippen LogP contribution is -2.17. The Morgan fingerprint density at radius 1 is 1.11 bits per heavy atom. The van der Waals surface area contributed by atoms with Gasteiger partial charge >= 0.3 is 0 Å². The summed E-state index contributed by atoms with van der Waals surface area (Å²) in [7, 11) is 0. The van der Waals surface area contributed by atoms with E-state index in [1.54, 1.807) is 53.5 Å². The molecule has 4 rings (SSSR count). The molecule has 8 heteroatoms. The summed E-state index contributed by atoms with van der Waals surface area (Å²) >= 11 is 0. The third kappa shape index (κ3) is 3.37. The Morgan fingerprint density at radius 3 is 2.64 bits per heavy atom. The number of carbonyl (C=O) groups excluding carboxylic acids is 1. The molecular weight excluding hydrogens is 354 g/mol. The quantitative estimate of drug-likeness (QED) is 0.596. The van der Waals surface area contributed by atoms with Gasteiger partial charge in [-0.3, -0.25) is 4.79 Å². The number of hydrogen-bond donors (Lipinski definition) is 1. The Labute approximate surface area is 160 Å². The predicted molar refractivity (Wildman–Crippen MR) is 102 cm³/mol. The van der Waals surface area contributed by atoms with Crippen molar-refractivity contribution in [2.75, 3.05) is 5.32 Å².